The Morgan fingerprint density at radius 1 is 0.794 bits per heavy atom. The first-order valence-corrected chi connectivity index (χ1v) is 11.4. The summed E-state index contributed by atoms with van der Waals surface area (Å²) in [7, 11) is 0. The van der Waals surface area contributed by atoms with Crippen LogP contribution in [0.3, 0.4) is 0 Å². The van der Waals surface area contributed by atoms with Crippen molar-refractivity contribution < 1.29 is 4.79 Å². The van der Waals surface area contributed by atoms with Crippen molar-refractivity contribution in [2.45, 2.75) is 6.42 Å². The summed E-state index contributed by atoms with van der Waals surface area (Å²) in [6, 6.07) is 29.3. The maximum absolute atomic E-state index is 13.4. The van der Waals surface area contributed by atoms with E-state index in [9.17, 15) is 4.79 Å². The Bertz CT molecular complexity index is 1250. The summed E-state index contributed by atoms with van der Waals surface area (Å²) in [5.74, 6) is 0.687. The fourth-order valence-corrected chi connectivity index (χ4v) is 4.19. The van der Waals surface area contributed by atoms with Gasteiger partial charge in [0.1, 0.15) is 0 Å². The molecule has 0 saturated carbocycles. The molecule has 4 aromatic rings. The fourth-order valence-electron chi connectivity index (χ4n) is 4.19. The molecule has 7 heteroatoms. The van der Waals surface area contributed by atoms with Crippen molar-refractivity contribution in [2.24, 2.45) is 0 Å². The number of hydrogen-bond acceptors (Lipinski definition) is 5. The van der Waals surface area contributed by atoms with Gasteiger partial charge in [-0.25, -0.2) is 9.67 Å². The predicted molar refractivity (Wildman–Crippen MR) is 131 cm³/mol. The summed E-state index contributed by atoms with van der Waals surface area (Å²) in [6.45, 7) is 2.78. The lowest BCUT2D eigenvalue weighted by Gasteiger charge is -2.23. The normalized spacial score (nSPS) is 13.9. The summed E-state index contributed by atoms with van der Waals surface area (Å²) in [5, 5.41) is 13.7. The molecule has 2 heterocycles. The molecule has 1 aliphatic rings. The molecule has 0 radical (unpaired) electrons. The van der Waals surface area contributed by atoms with Crippen molar-refractivity contribution in [3.8, 4) is 23.1 Å². The SMILES string of the molecule is N#Cc1ccc(N2CCCN(C(=O)c3nc(-c4ccccc4)n(-c4ccccc4)n3)CC2)cc1. The van der Waals surface area contributed by atoms with E-state index in [2.05, 4.69) is 21.1 Å². The molecule has 168 valence electrons. The number of carbonyl (C=O) groups excluding carboxylic acids is 1. The second-order valence-electron chi connectivity index (χ2n) is 8.16. The topological polar surface area (TPSA) is 78.0 Å². The molecule has 0 spiro atoms. The molecule has 0 N–H and O–H groups in total. The maximum atomic E-state index is 13.4. The molecule has 0 bridgehead atoms. The molecular weight excluding hydrogens is 424 g/mol. The molecule has 1 saturated heterocycles. The summed E-state index contributed by atoms with van der Waals surface area (Å²) in [6.07, 6.45) is 0.844. The molecule has 0 unspecified atom stereocenters. The Balaban J connectivity index is 1.39. The van der Waals surface area contributed by atoms with Gasteiger partial charge >= 0.3 is 0 Å². The Hall–Kier alpha value is -4.44. The molecule has 0 atom stereocenters. The van der Waals surface area contributed by atoms with E-state index in [0.717, 1.165) is 29.9 Å². The molecule has 1 aliphatic heterocycles. The Kier molecular flexibility index (Phi) is 6.04. The lowest BCUT2D eigenvalue weighted by molar-refractivity contribution is 0.0755. The van der Waals surface area contributed by atoms with E-state index in [0.29, 0.717) is 31.0 Å². The van der Waals surface area contributed by atoms with E-state index >= 15 is 0 Å². The third kappa shape index (κ3) is 4.39. The number of rotatable bonds is 4. The molecule has 5 rings (SSSR count). The largest absolute Gasteiger partial charge is 0.370 e. The van der Waals surface area contributed by atoms with E-state index in [1.54, 1.807) is 4.68 Å². The van der Waals surface area contributed by atoms with Crippen molar-refractivity contribution in [2.75, 3.05) is 31.1 Å². The standard InChI is InChI=1S/C27H24N6O/c28-20-21-12-14-23(15-13-21)31-16-7-17-32(19-18-31)27(34)25-29-26(22-8-3-1-4-9-22)33(30-25)24-10-5-2-6-11-24/h1-6,8-15H,7,16-19H2. The van der Waals surface area contributed by atoms with Gasteiger partial charge in [-0.05, 0) is 42.8 Å². The number of aromatic nitrogens is 3. The molecular formula is C27H24N6O. The number of hydrogen-bond donors (Lipinski definition) is 0. The van der Waals surface area contributed by atoms with Gasteiger partial charge in [-0.3, -0.25) is 4.79 Å². The highest BCUT2D eigenvalue weighted by Gasteiger charge is 2.25. The second-order valence-corrected chi connectivity index (χ2v) is 8.16. The number of nitriles is 1. The van der Waals surface area contributed by atoms with Crippen molar-refractivity contribution >= 4 is 11.6 Å². The molecule has 3 aromatic carbocycles. The van der Waals surface area contributed by atoms with E-state index < -0.39 is 0 Å². The number of para-hydroxylation sites is 1. The van der Waals surface area contributed by atoms with Crippen LogP contribution < -0.4 is 4.90 Å². The number of carbonyl (C=O) groups is 1. The highest BCUT2D eigenvalue weighted by molar-refractivity contribution is 5.91. The van der Waals surface area contributed by atoms with Crippen molar-refractivity contribution in [3.63, 3.8) is 0 Å². The van der Waals surface area contributed by atoms with Crippen LogP contribution in [-0.4, -0.2) is 51.8 Å². The number of nitrogens with zero attached hydrogens (tertiary/aromatic N) is 6. The van der Waals surface area contributed by atoms with Gasteiger partial charge in [-0.1, -0.05) is 48.5 Å². The van der Waals surface area contributed by atoms with Gasteiger partial charge < -0.3 is 9.80 Å². The summed E-state index contributed by atoms with van der Waals surface area (Å²) in [4.78, 5) is 22.2. The van der Waals surface area contributed by atoms with Crippen LogP contribution in [0.1, 0.15) is 22.6 Å². The zero-order valence-corrected chi connectivity index (χ0v) is 18.7. The summed E-state index contributed by atoms with van der Waals surface area (Å²) < 4.78 is 1.74. The zero-order valence-electron chi connectivity index (χ0n) is 18.7. The zero-order chi connectivity index (χ0) is 23.3. The highest BCUT2D eigenvalue weighted by atomic mass is 16.2. The van der Waals surface area contributed by atoms with E-state index in [-0.39, 0.29) is 11.7 Å². The van der Waals surface area contributed by atoms with Crippen LogP contribution in [0, 0.1) is 11.3 Å². The summed E-state index contributed by atoms with van der Waals surface area (Å²) in [5.41, 5.74) is 3.47. The number of anilines is 1. The minimum Gasteiger partial charge on any atom is -0.370 e. The molecule has 0 aliphatic carbocycles. The van der Waals surface area contributed by atoms with Crippen LogP contribution >= 0.6 is 0 Å². The average Bonchev–Trinajstić information content (AvgIpc) is 3.21. The molecule has 1 fully saturated rings. The van der Waals surface area contributed by atoms with Crippen molar-refractivity contribution in [3.05, 3.63) is 96.3 Å². The lowest BCUT2D eigenvalue weighted by atomic mass is 10.2. The van der Waals surface area contributed by atoms with E-state index in [1.807, 2.05) is 89.8 Å². The van der Waals surface area contributed by atoms with Crippen molar-refractivity contribution in [1.82, 2.24) is 19.7 Å². The average molecular weight is 449 g/mol. The first kappa shape index (κ1) is 21.4. The van der Waals surface area contributed by atoms with Gasteiger partial charge in [-0.15, -0.1) is 5.10 Å². The monoisotopic (exact) mass is 448 g/mol. The minimum absolute atomic E-state index is 0.159. The fraction of sp³-hybridized carbons (Fsp3) is 0.185. The van der Waals surface area contributed by atoms with Crippen LogP contribution in [0.5, 0.6) is 0 Å². The quantitative estimate of drug-likeness (QED) is 0.469. The second kappa shape index (κ2) is 9.59. The van der Waals surface area contributed by atoms with Crippen molar-refractivity contribution in [1.29, 1.82) is 5.26 Å². The van der Waals surface area contributed by atoms with E-state index in [1.165, 1.54) is 0 Å². The maximum Gasteiger partial charge on any atom is 0.293 e. The van der Waals surface area contributed by atoms with Crippen LogP contribution in [0.15, 0.2) is 84.9 Å². The number of amides is 1. The number of benzene rings is 3. The van der Waals surface area contributed by atoms with Crippen LogP contribution in [0.25, 0.3) is 17.1 Å². The predicted octanol–water partition coefficient (Wildman–Crippen LogP) is 4.16. The van der Waals surface area contributed by atoms with Gasteiger partial charge in [0.05, 0.1) is 17.3 Å². The molecule has 7 nitrogen and oxygen atoms in total. The Morgan fingerprint density at radius 2 is 1.50 bits per heavy atom. The Labute approximate surface area is 198 Å². The lowest BCUT2D eigenvalue weighted by Crippen LogP contribution is -2.35. The minimum atomic E-state index is -0.159. The van der Waals surface area contributed by atoms with Gasteiger partial charge in [-0.2, -0.15) is 5.26 Å². The van der Waals surface area contributed by atoms with Gasteiger partial charge in [0, 0.05) is 37.4 Å². The Morgan fingerprint density at radius 3 is 2.21 bits per heavy atom. The molecule has 1 amide bonds. The first-order chi connectivity index (χ1) is 16.7. The third-order valence-electron chi connectivity index (χ3n) is 5.98. The van der Waals surface area contributed by atoms with Gasteiger partial charge in [0.2, 0.25) is 5.82 Å². The smallest absolute Gasteiger partial charge is 0.293 e. The van der Waals surface area contributed by atoms with Crippen LogP contribution in [0.2, 0.25) is 0 Å². The van der Waals surface area contributed by atoms with E-state index in [4.69, 9.17) is 5.26 Å². The molecule has 34 heavy (non-hydrogen) atoms. The van der Waals surface area contributed by atoms with Crippen LogP contribution in [-0.2, 0) is 0 Å². The van der Waals surface area contributed by atoms with Crippen LogP contribution in [0.4, 0.5) is 5.69 Å². The highest BCUT2D eigenvalue weighted by Crippen LogP contribution is 2.22. The van der Waals surface area contributed by atoms with Gasteiger partial charge in [0.15, 0.2) is 5.82 Å². The molecule has 1 aromatic heterocycles. The third-order valence-corrected chi connectivity index (χ3v) is 5.98. The summed E-state index contributed by atoms with van der Waals surface area (Å²) >= 11 is 0. The first-order valence-electron chi connectivity index (χ1n) is 11.4. The van der Waals surface area contributed by atoms with Gasteiger partial charge in [0.25, 0.3) is 5.91 Å².